The molecule has 1 aromatic rings. The van der Waals surface area contributed by atoms with Crippen molar-refractivity contribution >= 4 is 11.8 Å². The second-order valence-electron chi connectivity index (χ2n) is 6.03. The van der Waals surface area contributed by atoms with E-state index in [0.29, 0.717) is 12.1 Å². The predicted octanol–water partition coefficient (Wildman–Crippen LogP) is 1.89. The molecule has 1 aliphatic heterocycles. The average Bonchev–Trinajstić information content (AvgIpc) is 2.69. The Kier molecular flexibility index (Phi) is 3.31. The Morgan fingerprint density at radius 3 is 3.00 bits per heavy atom. The molecule has 1 aliphatic carbocycles. The molecule has 22 heavy (non-hydrogen) atoms. The van der Waals surface area contributed by atoms with Crippen LogP contribution in [0, 0.1) is 17.2 Å². The maximum absolute atomic E-state index is 13.5. The molecule has 1 aromatic heterocycles. The van der Waals surface area contributed by atoms with Crippen molar-refractivity contribution in [3.8, 4) is 0 Å². The number of nitrogens with one attached hydrogen (secondary N) is 2. The molecule has 0 saturated carbocycles. The molecule has 2 amide bonds. The van der Waals surface area contributed by atoms with Crippen LogP contribution in [0.4, 0.5) is 4.39 Å². The van der Waals surface area contributed by atoms with E-state index in [0.717, 1.165) is 11.9 Å². The summed E-state index contributed by atoms with van der Waals surface area (Å²) in [6.07, 6.45) is 6.59. The van der Waals surface area contributed by atoms with Crippen LogP contribution >= 0.6 is 0 Å². The number of fused-ring (bicyclic) bond motifs is 1. The van der Waals surface area contributed by atoms with E-state index in [2.05, 4.69) is 15.6 Å². The Bertz CT molecular complexity index is 722. The summed E-state index contributed by atoms with van der Waals surface area (Å²) in [7, 11) is 0. The van der Waals surface area contributed by atoms with Crippen LogP contribution in [0.1, 0.15) is 30.6 Å². The highest BCUT2D eigenvalue weighted by molar-refractivity contribution is 5.96. The Labute approximate surface area is 127 Å². The fourth-order valence-corrected chi connectivity index (χ4v) is 2.80. The molecule has 1 saturated heterocycles. The number of nitrogens with zero attached hydrogens (tertiary/aromatic N) is 1. The summed E-state index contributed by atoms with van der Waals surface area (Å²) >= 11 is 0. The second kappa shape index (κ2) is 5.05. The van der Waals surface area contributed by atoms with Crippen LogP contribution in [-0.4, -0.2) is 16.8 Å². The van der Waals surface area contributed by atoms with Crippen LogP contribution < -0.4 is 10.6 Å². The molecule has 2 aliphatic rings. The van der Waals surface area contributed by atoms with Crippen molar-refractivity contribution in [2.24, 2.45) is 11.3 Å². The molecule has 2 N–H and O–H groups in total. The number of allylic oxidation sites excluding steroid dienone is 3. The topological polar surface area (TPSA) is 71.1 Å². The molecule has 1 atom stereocenters. The van der Waals surface area contributed by atoms with Gasteiger partial charge in [0.1, 0.15) is 0 Å². The van der Waals surface area contributed by atoms with Crippen molar-refractivity contribution in [2.45, 2.75) is 20.3 Å². The third-order valence-corrected chi connectivity index (χ3v) is 4.25. The monoisotopic (exact) mass is 301 g/mol. The van der Waals surface area contributed by atoms with Crippen LogP contribution in [0.2, 0.25) is 0 Å². The van der Waals surface area contributed by atoms with E-state index < -0.39 is 17.1 Å². The molecule has 114 valence electrons. The van der Waals surface area contributed by atoms with Gasteiger partial charge in [0.15, 0.2) is 5.82 Å². The molecule has 1 unspecified atom stereocenters. The predicted molar refractivity (Wildman–Crippen MR) is 77.9 cm³/mol. The summed E-state index contributed by atoms with van der Waals surface area (Å²) in [5.74, 6) is -1.15. The molecule has 0 spiro atoms. The number of rotatable bonds is 2. The molecular formula is C16H16FN3O2. The van der Waals surface area contributed by atoms with Crippen molar-refractivity contribution in [3.05, 3.63) is 53.4 Å². The highest BCUT2D eigenvalue weighted by atomic mass is 19.1. The lowest BCUT2D eigenvalue weighted by molar-refractivity contribution is -0.127. The quantitative estimate of drug-likeness (QED) is 0.876. The zero-order valence-electron chi connectivity index (χ0n) is 12.3. The van der Waals surface area contributed by atoms with Crippen molar-refractivity contribution in [1.82, 2.24) is 15.6 Å². The van der Waals surface area contributed by atoms with Gasteiger partial charge in [-0.15, -0.1) is 0 Å². The van der Waals surface area contributed by atoms with Gasteiger partial charge in [-0.25, -0.2) is 4.39 Å². The number of pyridine rings is 1. The normalized spacial score (nSPS) is 22.3. The van der Waals surface area contributed by atoms with Gasteiger partial charge in [0.25, 0.3) is 5.91 Å². The molecule has 3 rings (SSSR count). The Morgan fingerprint density at radius 2 is 2.27 bits per heavy atom. The molecule has 0 bridgehead atoms. The summed E-state index contributed by atoms with van der Waals surface area (Å²) in [4.78, 5) is 27.6. The Balaban J connectivity index is 1.78. The first kappa shape index (κ1) is 14.4. The number of halogens is 1. The van der Waals surface area contributed by atoms with Gasteiger partial charge < -0.3 is 10.6 Å². The van der Waals surface area contributed by atoms with Crippen molar-refractivity contribution < 1.29 is 14.0 Å². The van der Waals surface area contributed by atoms with Gasteiger partial charge in [0.2, 0.25) is 5.91 Å². The van der Waals surface area contributed by atoms with E-state index in [4.69, 9.17) is 0 Å². The van der Waals surface area contributed by atoms with Gasteiger partial charge >= 0.3 is 0 Å². The first-order valence-corrected chi connectivity index (χ1v) is 7.03. The molecule has 6 heteroatoms. The largest absolute Gasteiger partial charge is 0.329 e. The van der Waals surface area contributed by atoms with Gasteiger partial charge in [0, 0.05) is 23.5 Å². The fraction of sp³-hybridized carbons (Fsp3) is 0.312. The Morgan fingerprint density at radius 1 is 1.50 bits per heavy atom. The molecule has 0 aromatic carbocycles. The smallest absolute Gasteiger partial charge is 0.258 e. The number of hydrogen-bond acceptors (Lipinski definition) is 3. The highest BCUT2D eigenvalue weighted by Gasteiger charge is 2.45. The van der Waals surface area contributed by atoms with E-state index in [1.807, 2.05) is 19.9 Å². The van der Waals surface area contributed by atoms with Crippen LogP contribution in [0.15, 0.2) is 42.0 Å². The second-order valence-corrected chi connectivity index (χ2v) is 6.03. The number of hydrogen-bond donors (Lipinski definition) is 2. The lowest BCUT2D eigenvalue weighted by atomic mass is 9.76. The maximum Gasteiger partial charge on any atom is 0.258 e. The first-order chi connectivity index (χ1) is 10.4. The van der Waals surface area contributed by atoms with E-state index >= 15 is 0 Å². The average molecular weight is 301 g/mol. The SMILES string of the molecule is CC1(C)C(=O)NC2=CC(NC(=O)c3ccncc3F)=CCC21. The van der Waals surface area contributed by atoms with Crippen LogP contribution in [-0.2, 0) is 4.79 Å². The fourth-order valence-electron chi connectivity index (χ4n) is 2.80. The number of aromatic nitrogens is 1. The molecule has 5 nitrogen and oxygen atoms in total. The number of carbonyl (C=O) groups is 2. The minimum atomic E-state index is -0.669. The van der Waals surface area contributed by atoms with Gasteiger partial charge in [-0.1, -0.05) is 19.9 Å². The minimum Gasteiger partial charge on any atom is -0.329 e. The van der Waals surface area contributed by atoms with Crippen molar-refractivity contribution in [1.29, 1.82) is 0 Å². The van der Waals surface area contributed by atoms with Crippen LogP contribution in [0.25, 0.3) is 0 Å². The zero-order valence-corrected chi connectivity index (χ0v) is 12.3. The molecule has 2 heterocycles. The summed E-state index contributed by atoms with van der Waals surface area (Å²) in [5, 5.41) is 5.50. The van der Waals surface area contributed by atoms with Gasteiger partial charge in [-0.05, 0) is 18.6 Å². The van der Waals surface area contributed by atoms with Gasteiger partial charge in [-0.3, -0.25) is 14.6 Å². The summed E-state index contributed by atoms with van der Waals surface area (Å²) < 4.78 is 13.5. The van der Waals surface area contributed by atoms with E-state index in [-0.39, 0.29) is 17.4 Å². The molecule has 1 fully saturated rings. The standard InChI is InChI=1S/C16H16FN3O2/c1-16(2)11-4-3-9(7-13(11)20-15(16)22)19-14(21)10-5-6-18-8-12(10)17/h3,5-8,11H,4H2,1-2H3,(H,19,21)(H,20,22). The van der Waals surface area contributed by atoms with Crippen molar-refractivity contribution in [3.63, 3.8) is 0 Å². The summed E-state index contributed by atoms with van der Waals surface area (Å²) in [6.45, 7) is 3.80. The first-order valence-electron chi connectivity index (χ1n) is 7.03. The van der Waals surface area contributed by atoms with E-state index in [1.165, 1.54) is 12.3 Å². The van der Waals surface area contributed by atoms with E-state index in [1.54, 1.807) is 6.08 Å². The minimum absolute atomic E-state index is 0.0232. The summed E-state index contributed by atoms with van der Waals surface area (Å²) in [6, 6.07) is 1.32. The van der Waals surface area contributed by atoms with Gasteiger partial charge in [-0.2, -0.15) is 0 Å². The maximum atomic E-state index is 13.5. The molecular weight excluding hydrogens is 285 g/mol. The van der Waals surface area contributed by atoms with Crippen molar-refractivity contribution in [2.75, 3.05) is 0 Å². The zero-order chi connectivity index (χ0) is 15.9. The third-order valence-electron chi connectivity index (χ3n) is 4.25. The highest BCUT2D eigenvalue weighted by Crippen LogP contribution is 2.42. The van der Waals surface area contributed by atoms with E-state index in [9.17, 15) is 14.0 Å². The van der Waals surface area contributed by atoms with Gasteiger partial charge in [0.05, 0.1) is 17.2 Å². The van der Waals surface area contributed by atoms with Crippen LogP contribution in [0.5, 0.6) is 0 Å². The number of carbonyl (C=O) groups excluding carboxylic acids is 2. The third kappa shape index (κ3) is 2.30. The lowest BCUT2D eigenvalue weighted by Gasteiger charge is -2.25. The summed E-state index contributed by atoms with van der Waals surface area (Å²) in [5.41, 5.74) is 0.829. The van der Waals surface area contributed by atoms with Crippen LogP contribution in [0.3, 0.4) is 0 Å². The Hall–Kier alpha value is -2.50. The lowest BCUT2D eigenvalue weighted by Crippen LogP contribution is -2.29. The molecule has 0 radical (unpaired) electrons. The number of amides is 2.